The van der Waals surface area contributed by atoms with Crippen LogP contribution in [0, 0.1) is 5.92 Å². The summed E-state index contributed by atoms with van der Waals surface area (Å²) in [6, 6.07) is 5.14. The zero-order valence-electron chi connectivity index (χ0n) is 10.4. The van der Waals surface area contributed by atoms with Crippen LogP contribution in [0.25, 0.3) is 0 Å². The molecule has 0 aliphatic carbocycles. The Morgan fingerprint density at radius 1 is 1.21 bits per heavy atom. The molecule has 0 radical (unpaired) electrons. The topological polar surface area (TPSA) is 43.4 Å². The van der Waals surface area contributed by atoms with Crippen molar-refractivity contribution in [3.63, 3.8) is 0 Å². The molecule has 19 heavy (non-hydrogen) atoms. The molecule has 0 spiro atoms. The molecular weight excluding hydrogens is 331 g/mol. The van der Waals surface area contributed by atoms with E-state index >= 15 is 0 Å². The summed E-state index contributed by atoms with van der Waals surface area (Å²) < 4.78 is 27.2. The predicted molar refractivity (Wildman–Crippen MR) is 80.0 cm³/mol. The van der Waals surface area contributed by atoms with E-state index in [-0.39, 0.29) is 11.7 Å². The Morgan fingerprint density at radius 2 is 1.79 bits per heavy atom. The zero-order chi connectivity index (χ0) is 14.5. The van der Waals surface area contributed by atoms with Gasteiger partial charge in [0, 0.05) is 10.7 Å². The lowest BCUT2D eigenvalue weighted by Gasteiger charge is -2.13. The Labute approximate surface area is 128 Å². The Kier molecular flexibility index (Phi) is 6.74. The Balaban J connectivity index is 2.38. The van der Waals surface area contributed by atoms with Gasteiger partial charge in [-0.3, -0.25) is 0 Å². The van der Waals surface area contributed by atoms with Crippen molar-refractivity contribution in [1.29, 1.82) is 0 Å². The molecule has 0 N–H and O–H groups in total. The first kappa shape index (κ1) is 16.9. The molecule has 0 bridgehead atoms. The second-order valence-electron chi connectivity index (χ2n) is 4.32. The van der Waals surface area contributed by atoms with E-state index in [1.807, 2.05) is 6.92 Å². The van der Waals surface area contributed by atoms with E-state index in [9.17, 15) is 8.42 Å². The van der Waals surface area contributed by atoms with Gasteiger partial charge in [-0.15, -0.1) is 0 Å². The monoisotopic (exact) mass is 344 g/mol. The summed E-state index contributed by atoms with van der Waals surface area (Å²) in [6.07, 6.45) is 1.21. The zero-order valence-corrected chi connectivity index (χ0v) is 13.5. The lowest BCUT2D eigenvalue weighted by atomic mass is 10.1. The minimum atomic E-state index is -3.42. The van der Waals surface area contributed by atoms with Crippen molar-refractivity contribution < 1.29 is 13.2 Å². The van der Waals surface area contributed by atoms with Crippen molar-refractivity contribution in [2.45, 2.75) is 19.8 Å². The molecule has 1 rings (SSSR count). The van der Waals surface area contributed by atoms with Gasteiger partial charge in [-0.05, 0) is 30.9 Å². The van der Waals surface area contributed by atoms with E-state index in [4.69, 9.17) is 38.6 Å². The summed E-state index contributed by atoms with van der Waals surface area (Å²) in [4.78, 5) is 0. The van der Waals surface area contributed by atoms with Gasteiger partial charge < -0.3 is 4.74 Å². The highest BCUT2D eigenvalue weighted by Crippen LogP contribution is 2.32. The van der Waals surface area contributed by atoms with E-state index in [0.717, 1.165) is 0 Å². The molecule has 0 aliphatic heterocycles. The molecule has 7 heteroatoms. The number of ether oxygens (including phenoxy) is 1. The fraction of sp³-hybridized carbons (Fsp3) is 0.500. The molecule has 108 valence electrons. The van der Waals surface area contributed by atoms with Gasteiger partial charge in [-0.2, -0.15) is 0 Å². The molecule has 0 heterocycles. The number of halogens is 3. The quantitative estimate of drug-likeness (QED) is 0.690. The molecule has 0 aliphatic rings. The average molecular weight is 346 g/mol. The van der Waals surface area contributed by atoms with Crippen LogP contribution in [0.2, 0.25) is 10.0 Å². The summed E-state index contributed by atoms with van der Waals surface area (Å²) in [5, 5.41) is 0.923. The highest BCUT2D eigenvalue weighted by atomic mass is 35.7. The number of hydrogen-bond donors (Lipinski definition) is 0. The summed E-state index contributed by atoms with van der Waals surface area (Å²) >= 11 is 11.9. The maximum atomic E-state index is 10.8. The van der Waals surface area contributed by atoms with Crippen molar-refractivity contribution in [2.75, 3.05) is 12.4 Å². The molecule has 0 fully saturated rings. The van der Waals surface area contributed by atoms with Gasteiger partial charge in [0.1, 0.15) is 0 Å². The van der Waals surface area contributed by atoms with Crippen molar-refractivity contribution in [1.82, 2.24) is 0 Å². The van der Waals surface area contributed by atoms with Gasteiger partial charge in [0.2, 0.25) is 9.05 Å². The Bertz CT molecular complexity index is 497. The smallest absolute Gasteiger partial charge is 0.232 e. The highest BCUT2D eigenvalue weighted by Gasteiger charge is 2.11. The van der Waals surface area contributed by atoms with Crippen LogP contribution in [0.5, 0.6) is 5.75 Å². The van der Waals surface area contributed by atoms with Gasteiger partial charge in [0.25, 0.3) is 0 Å². The van der Waals surface area contributed by atoms with Crippen LogP contribution in [0.3, 0.4) is 0 Å². The molecular formula is C12H15Cl3O3S. The van der Waals surface area contributed by atoms with Crippen LogP contribution in [-0.2, 0) is 9.05 Å². The molecule has 0 amide bonds. The second kappa shape index (κ2) is 7.58. The van der Waals surface area contributed by atoms with Crippen LogP contribution in [0.4, 0.5) is 0 Å². The molecule has 0 saturated carbocycles. The van der Waals surface area contributed by atoms with E-state index < -0.39 is 9.05 Å². The average Bonchev–Trinajstić information content (AvgIpc) is 2.29. The number of para-hydroxylation sites is 1. The van der Waals surface area contributed by atoms with Crippen LogP contribution >= 0.6 is 33.9 Å². The molecule has 1 atom stereocenters. The van der Waals surface area contributed by atoms with Crippen LogP contribution in [-0.4, -0.2) is 20.8 Å². The van der Waals surface area contributed by atoms with Crippen LogP contribution in [0.1, 0.15) is 19.8 Å². The lowest BCUT2D eigenvalue weighted by Crippen LogP contribution is -2.08. The van der Waals surface area contributed by atoms with Crippen molar-refractivity contribution in [3.05, 3.63) is 28.2 Å². The van der Waals surface area contributed by atoms with Gasteiger partial charge in [-0.25, -0.2) is 8.42 Å². The van der Waals surface area contributed by atoms with Gasteiger partial charge >= 0.3 is 0 Å². The molecule has 1 aromatic carbocycles. The third-order valence-electron chi connectivity index (χ3n) is 2.63. The molecule has 1 aromatic rings. The minimum Gasteiger partial charge on any atom is -0.490 e. The van der Waals surface area contributed by atoms with Gasteiger partial charge in [0.05, 0.1) is 22.4 Å². The summed E-state index contributed by atoms with van der Waals surface area (Å²) in [5.74, 6) is 0.626. The third kappa shape index (κ3) is 6.70. The van der Waals surface area contributed by atoms with E-state index in [1.165, 1.54) is 0 Å². The van der Waals surface area contributed by atoms with Gasteiger partial charge in [-0.1, -0.05) is 36.2 Å². The maximum Gasteiger partial charge on any atom is 0.232 e. The number of rotatable bonds is 7. The third-order valence-corrected chi connectivity index (χ3v) is 4.41. The highest BCUT2D eigenvalue weighted by molar-refractivity contribution is 8.13. The van der Waals surface area contributed by atoms with E-state index in [1.54, 1.807) is 18.2 Å². The van der Waals surface area contributed by atoms with Crippen LogP contribution < -0.4 is 4.74 Å². The Hall–Kier alpha value is -0.160. The normalized spacial score (nSPS) is 13.3. The van der Waals surface area contributed by atoms with Crippen LogP contribution in [0.15, 0.2) is 18.2 Å². The van der Waals surface area contributed by atoms with Crippen molar-refractivity contribution in [3.8, 4) is 5.75 Å². The number of hydrogen-bond acceptors (Lipinski definition) is 3. The fourth-order valence-corrected chi connectivity index (χ4v) is 2.93. The molecule has 3 nitrogen and oxygen atoms in total. The first-order valence-corrected chi connectivity index (χ1v) is 9.02. The first-order valence-electron chi connectivity index (χ1n) is 5.78. The predicted octanol–water partition coefficient (Wildman–Crippen LogP) is 4.36. The molecule has 1 unspecified atom stereocenters. The SMILES string of the molecule is CC(CCOc1c(Cl)cccc1Cl)CCS(=O)(=O)Cl. The largest absolute Gasteiger partial charge is 0.490 e. The maximum absolute atomic E-state index is 10.8. The summed E-state index contributed by atoms with van der Waals surface area (Å²) in [7, 11) is 1.73. The minimum absolute atomic E-state index is 0.0252. The Morgan fingerprint density at radius 3 is 2.32 bits per heavy atom. The van der Waals surface area contributed by atoms with E-state index in [2.05, 4.69) is 0 Å². The fourth-order valence-electron chi connectivity index (χ4n) is 1.47. The van der Waals surface area contributed by atoms with Crippen molar-refractivity contribution in [2.24, 2.45) is 5.92 Å². The molecule has 0 aromatic heterocycles. The van der Waals surface area contributed by atoms with Crippen molar-refractivity contribution >= 4 is 42.9 Å². The number of benzene rings is 1. The lowest BCUT2D eigenvalue weighted by molar-refractivity contribution is 0.282. The molecule has 0 saturated heterocycles. The second-order valence-corrected chi connectivity index (χ2v) is 8.04. The summed E-state index contributed by atoms with van der Waals surface area (Å²) in [5.41, 5.74) is 0. The first-order chi connectivity index (χ1) is 8.79. The van der Waals surface area contributed by atoms with E-state index in [0.29, 0.717) is 35.2 Å². The van der Waals surface area contributed by atoms with Gasteiger partial charge in [0.15, 0.2) is 5.75 Å². The standard InChI is InChI=1S/C12H15Cl3O3S/c1-9(6-8-19(15,16)17)5-7-18-12-10(13)3-2-4-11(12)14/h2-4,9H,5-8H2,1H3. The summed E-state index contributed by atoms with van der Waals surface area (Å²) in [6.45, 7) is 2.37.